The Hall–Kier alpha value is -2.14. The van der Waals surface area contributed by atoms with Gasteiger partial charge in [-0.25, -0.2) is 13.4 Å². The van der Waals surface area contributed by atoms with Gasteiger partial charge in [0.15, 0.2) is 0 Å². The topological polar surface area (TPSA) is 91.8 Å². The number of anilines is 2. The predicted molar refractivity (Wildman–Crippen MR) is 126 cm³/mol. The Morgan fingerprint density at radius 2 is 1.88 bits per heavy atom. The second-order valence-electron chi connectivity index (χ2n) is 7.82. The van der Waals surface area contributed by atoms with Crippen LogP contribution in [0.5, 0.6) is 0 Å². The Morgan fingerprint density at radius 3 is 2.59 bits per heavy atom. The maximum atomic E-state index is 13.2. The van der Waals surface area contributed by atoms with Gasteiger partial charge in [-0.05, 0) is 49.4 Å². The van der Waals surface area contributed by atoms with E-state index < -0.39 is 10.0 Å². The number of rotatable bonds is 6. The molecule has 2 aromatic rings. The van der Waals surface area contributed by atoms with Crippen LogP contribution in [0.4, 0.5) is 11.5 Å². The summed E-state index contributed by atoms with van der Waals surface area (Å²) in [5.41, 5.74) is 0.799. The first-order valence-corrected chi connectivity index (χ1v) is 13.4. The first-order valence-electron chi connectivity index (χ1n) is 10.7. The average molecular weight is 477 g/mol. The molecule has 1 amide bonds. The van der Waals surface area contributed by atoms with Gasteiger partial charge >= 0.3 is 0 Å². The molecule has 1 N–H and O–H groups in total. The largest absolute Gasteiger partial charge is 0.379 e. The molecule has 8 nitrogen and oxygen atoms in total. The third kappa shape index (κ3) is 5.09. The van der Waals surface area contributed by atoms with Crippen molar-refractivity contribution in [3.8, 4) is 0 Å². The molecular weight excluding hydrogens is 448 g/mol. The molecule has 172 valence electrons. The lowest BCUT2D eigenvalue weighted by atomic mass is 9.95. The van der Waals surface area contributed by atoms with Crippen molar-refractivity contribution in [2.45, 2.75) is 22.6 Å². The van der Waals surface area contributed by atoms with E-state index in [-0.39, 0.29) is 16.7 Å². The smallest absolute Gasteiger partial charge is 0.246 e. The first kappa shape index (κ1) is 23.0. The lowest BCUT2D eigenvalue weighted by Crippen LogP contribution is -2.42. The molecule has 0 spiro atoms. The van der Waals surface area contributed by atoms with Crippen molar-refractivity contribution in [3.05, 3.63) is 42.6 Å². The zero-order valence-electron chi connectivity index (χ0n) is 18.1. The lowest BCUT2D eigenvalue weighted by Gasteiger charge is -2.34. The number of amides is 1. The molecule has 0 radical (unpaired) electrons. The summed E-state index contributed by atoms with van der Waals surface area (Å²) in [4.78, 5) is 20.5. The molecule has 2 aliphatic heterocycles. The SMILES string of the molecule is CSc1cccc(NC(=O)C2CCN(c3ncccc3S(=O)(=O)N3CCOCC3)CC2)c1. The number of thioether (sulfide) groups is 1. The molecule has 1 aromatic carbocycles. The molecule has 4 rings (SSSR count). The van der Waals surface area contributed by atoms with Crippen molar-refractivity contribution >= 4 is 39.2 Å². The summed E-state index contributed by atoms with van der Waals surface area (Å²) >= 11 is 1.63. The van der Waals surface area contributed by atoms with Crippen molar-refractivity contribution in [2.75, 3.05) is 55.9 Å². The Morgan fingerprint density at radius 1 is 1.12 bits per heavy atom. The maximum absolute atomic E-state index is 13.2. The van der Waals surface area contributed by atoms with Gasteiger partial charge in [0, 0.05) is 48.9 Å². The molecule has 3 heterocycles. The number of ether oxygens (including phenoxy) is 1. The van der Waals surface area contributed by atoms with Crippen LogP contribution in [0.15, 0.2) is 52.4 Å². The van der Waals surface area contributed by atoms with Crippen molar-refractivity contribution in [3.63, 3.8) is 0 Å². The number of piperidine rings is 1. The number of carbonyl (C=O) groups excluding carboxylic acids is 1. The maximum Gasteiger partial charge on any atom is 0.246 e. The van der Waals surface area contributed by atoms with E-state index in [0.29, 0.717) is 58.1 Å². The highest BCUT2D eigenvalue weighted by Gasteiger charge is 2.33. The standard InChI is InChI=1S/C22H28N4O4S2/c1-31-19-5-2-4-18(16-19)24-22(27)17-7-10-25(11-8-17)21-20(6-3-9-23-21)32(28,29)26-12-14-30-15-13-26/h2-6,9,16-17H,7-8,10-15H2,1H3,(H,24,27). The van der Waals surface area contributed by atoms with E-state index in [1.807, 2.05) is 35.4 Å². The van der Waals surface area contributed by atoms with Crippen LogP contribution in [0.3, 0.4) is 0 Å². The fourth-order valence-electron chi connectivity index (χ4n) is 4.05. The molecule has 2 saturated heterocycles. The number of nitrogens with zero attached hydrogens (tertiary/aromatic N) is 3. The van der Waals surface area contributed by atoms with E-state index in [4.69, 9.17) is 4.74 Å². The molecule has 0 aliphatic carbocycles. The Labute approximate surface area is 193 Å². The zero-order chi connectivity index (χ0) is 22.6. The number of pyridine rings is 1. The van der Waals surface area contributed by atoms with E-state index in [1.54, 1.807) is 30.1 Å². The van der Waals surface area contributed by atoms with Gasteiger partial charge in [-0.1, -0.05) is 6.07 Å². The number of benzene rings is 1. The van der Waals surface area contributed by atoms with E-state index in [2.05, 4.69) is 10.3 Å². The number of hydrogen-bond donors (Lipinski definition) is 1. The lowest BCUT2D eigenvalue weighted by molar-refractivity contribution is -0.120. The summed E-state index contributed by atoms with van der Waals surface area (Å²) in [5.74, 6) is 0.350. The van der Waals surface area contributed by atoms with E-state index in [1.165, 1.54) is 4.31 Å². The molecular formula is C22H28N4O4S2. The summed E-state index contributed by atoms with van der Waals surface area (Å²) < 4.78 is 33.2. The highest BCUT2D eigenvalue weighted by atomic mass is 32.2. The minimum absolute atomic E-state index is 0.00471. The van der Waals surface area contributed by atoms with Gasteiger partial charge in [0.05, 0.1) is 13.2 Å². The van der Waals surface area contributed by atoms with Crippen LogP contribution in [0, 0.1) is 5.92 Å². The Balaban J connectivity index is 1.43. The van der Waals surface area contributed by atoms with Crippen LogP contribution >= 0.6 is 11.8 Å². The van der Waals surface area contributed by atoms with Gasteiger partial charge in [-0.3, -0.25) is 4.79 Å². The average Bonchev–Trinajstić information content (AvgIpc) is 2.85. The van der Waals surface area contributed by atoms with Crippen molar-refractivity contribution < 1.29 is 17.9 Å². The summed E-state index contributed by atoms with van der Waals surface area (Å²) in [6, 6.07) is 11.1. The molecule has 0 saturated carbocycles. The van der Waals surface area contributed by atoms with Gasteiger partial charge in [0.25, 0.3) is 0 Å². The number of hydrogen-bond acceptors (Lipinski definition) is 7. The van der Waals surface area contributed by atoms with Crippen molar-refractivity contribution in [1.29, 1.82) is 0 Å². The van der Waals surface area contributed by atoms with Gasteiger partial charge < -0.3 is 15.0 Å². The van der Waals surface area contributed by atoms with Crippen LogP contribution < -0.4 is 10.2 Å². The molecule has 1 aromatic heterocycles. The van der Waals surface area contributed by atoms with Gasteiger partial charge in [0.1, 0.15) is 10.7 Å². The number of morpholine rings is 1. The molecule has 2 aliphatic rings. The highest BCUT2D eigenvalue weighted by molar-refractivity contribution is 7.98. The van der Waals surface area contributed by atoms with Crippen LogP contribution in [-0.4, -0.2) is 69.3 Å². The number of aromatic nitrogens is 1. The van der Waals surface area contributed by atoms with E-state index in [0.717, 1.165) is 10.6 Å². The third-order valence-electron chi connectivity index (χ3n) is 5.84. The fourth-order valence-corrected chi connectivity index (χ4v) is 6.08. The van der Waals surface area contributed by atoms with Gasteiger partial charge in [-0.15, -0.1) is 11.8 Å². The van der Waals surface area contributed by atoms with E-state index in [9.17, 15) is 13.2 Å². The molecule has 0 atom stereocenters. The molecule has 32 heavy (non-hydrogen) atoms. The summed E-state index contributed by atoms with van der Waals surface area (Å²) in [5, 5.41) is 3.02. The second kappa shape index (κ2) is 10.2. The van der Waals surface area contributed by atoms with Crippen LogP contribution in [0.2, 0.25) is 0 Å². The normalized spacial score (nSPS) is 18.5. The minimum Gasteiger partial charge on any atom is -0.379 e. The summed E-state index contributed by atoms with van der Waals surface area (Å²) in [6.45, 7) is 2.63. The Kier molecular flexibility index (Phi) is 7.34. The highest BCUT2D eigenvalue weighted by Crippen LogP contribution is 2.30. The number of carbonyl (C=O) groups is 1. The second-order valence-corrected chi connectivity index (χ2v) is 10.6. The molecule has 0 bridgehead atoms. The molecule has 2 fully saturated rings. The van der Waals surface area contributed by atoms with Crippen LogP contribution in [0.25, 0.3) is 0 Å². The number of nitrogens with one attached hydrogen (secondary N) is 1. The quantitative estimate of drug-likeness (QED) is 0.641. The summed E-state index contributed by atoms with van der Waals surface area (Å²) in [6.07, 6.45) is 4.90. The van der Waals surface area contributed by atoms with E-state index >= 15 is 0 Å². The predicted octanol–water partition coefficient (Wildman–Crippen LogP) is 2.68. The van der Waals surface area contributed by atoms with Crippen molar-refractivity contribution in [2.24, 2.45) is 5.92 Å². The zero-order valence-corrected chi connectivity index (χ0v) is 19.7. The first-order chi connectivity index (χ1) is 15.5. The van der Waals surface area contributed by atoms with Crippen LogP contribution in [0.1, 0.15) is 12.8 Å². The van der Waals surface area contributed by atoms with Gasteiger partial charge in [0.2, 0.25) is 15.9 Å². The molecule has 10 heteroatoms. The van der Waals surface area contributed by atoms with Crippen LogP contribution in [-0.2, 0) is 19.6 Å². The number of sulfonamides is 1. The summed E-state index contributed by atoms with van der Waals surface area (Å²) in [7, 11) is -3.65. The Bertz CT molecular complexity index is 1050. The monoisotopic (exact) mass is 476 g/mol. The minimum atomic E-state index is -3.65. The molecule has 0 unspecified atom stereocenters. The van der Waals surface area contributed by atoms with Crippen molar-refractivity contribution in [1.82, 2.24) is 9.29 Å². The fraction of sp³-hybridized carbons (Fsp3) is 0.455. The van der Waals surface area contributed by atoms with Gasteiger partial charge in [-0.2, -0.15) is 4.31 Å². The third-order valence-corrected chi connectivity index (χ3v) is 8.49.